The fourth-order valence-electron chi connectivity index (χ4n) is 3.32. The lowest BCUT2D eigenvalue weighted by molar-refractivity contribution is -0.138. The fourth-order valence-corrected chi connectivity index (χ4v) is 3.32. The van der Waals surface area contributed by atoms with E-state index in [1.807, 2.05) is 0 Å². The van der Waals surface area contributed by atoms with Gasteiger partial charge in [-0.1, -0.05) is 45.0 Å². The minimum absolute atomic E-state index is 0.126. The molecule has 0 bridgehead atoms. The van der Waals surface area contributed by atoms with Gasteiger partial charge >= 0.3 is 6.18 Å². The van der Waals surface area contributed by atoms with Crippen LogP contribution in [0.1, 0.15) is 55.1 Å². The number of halogens is 3. The van der Waals surface area contributed by atoms with Crippen LogP contribution in [-0.2, 0) is 19.8 Å². The van der Waals surface area contributed by atoms with Crippen LogP contribution in [0.2, 0.25) is 0 Å². The van der Waals surface area contributed by atoms with Crippen molar-refractivity contribution in [2.24, 2.45) is 7.05 Å². The van der Waals surface area contributed by atoms with Gasteiger partial charge in [-0.25, -0.2) is 0 Å². The summed E-state index contributed by atoms with van der Waals surface area (Å²) in [6, 6.07) is 4.62. The van der Waals surface area contributed by atoms with E-state index >= 15 is 0 Å². The highest BCUT2D eigenvalue weighted by atomic mass is 19.4. The smallest absolute Gasteiger partial charge is 0.316 e. The molecule has 32 heavy (non-hydrogen) atoms. The van der Waals surface area contributed by atoms with Crippen LogP contribution in [0.25, 0.3) is 29.0 Å². The van der Waals surface area contributed by atoms with E-state index in [0.717, 1.165) is 5.56 Å². The summed E-state index contributed by atoms with van der Waals surface area (Å²) in [5.41, 5.74) is 2.84. The molecule has 0 aliphatic rings. The second-order valence-electron chi connectivity index (χ2n) is 7.41. The van der Waals surface area contributed by atoms with E-state index in [9.17, 15) is 13.2 Å². The molecule has 5 nitrogen and oxygen atoms in total. The lowest BCUT2D eigenvalue weighted by Gasteiger charge is -2.18. The van der Waals surface area contributed by atoms with Crippen molar-refractivity contribution in [2.45, 2.75) is 39.9 Å². The zero-order valence-corrected chi connectivity index (χ0v) is 19.1. The van der Waals surface area contributed by atoms with Gasteiger partial charge in [-0.05, 0) is 42.8 Å². The molecule has 0 unspecified atom stereocenters. The number of nitrogens with zero attached hydrogens (tertiary/aromatic N) is 3. The number of aromatic amines is 1. The number of benzene rings is 1. The van der Waals surface area contributed by atoms with Gasteiger partial charge in [0.1, 0.15) is 5.69 Å². The van der Waals surface area contributed by atoms with Crippen LogP contribution >= 0.6 is 0 Å². The number of aromatic nitrogens is 4. The maximum Gasteiger partial charge on any atom is 0.417 e. The Morgan fingerprint density at radius 2 is 1.97 bits per heavy atom. The van der Waals surface area contributed by atoms with Crippen molar-refractivity contribution in [3.05, 3.63) is 65.1 Å². The van der Waals surface area contributed by atoms with Crippen molar-refractivity contribution in [2.75, 3.05) is 7.05 Å². The quantitative estimate of drug-likeness (QED) is 0.477. The van der Waals surface area contributed by atoms with Crippen molar-refractivity contribution in [3.8, 4) is 11.3 Å². The van der Waals surface area contributed by atoms with Crippen LogP contribution < -0.4 is 5.32 Å². The number of allylic oxidation sites excluding steroid dienone is 1. The second kappa shape index (κ2) is 10.9. The summed E-state index contributed by atoms with van der Waals surface area (Å²) in [5, 5.41) is 14.1. The van der Waals surface area contributed by atoms with E-state index in [1.54, 1.807) is 56.3 Å². The van der Waals surface area contributed by atoms with Gasteiger partial charge in [0, 0.05) is 30.9 Å². The van der Waals surface area contributed by atoms with Crippen LogP contribution in [0.15, 0.2) is 37.2 Å². The monoisotopic (exact) mass is 445 g/mol. The van der Waals surface area contributed by atoms with Crippen LogP contribution in [-0.4, -0.2) is 27.0 Å². The minimum atomic E-state index is -4.47. The van der Waals surface area contributed by atoms with Crippen molar-refractivity contribution >= 4 is 17.7 Å². The van der Waals surface area contributed by atoms with Gasteiger partial charge in [-0.2, -0.15) is 23.4 Å². The van der Waals surface area contributed by atoms with Crippen LogP contribution in [0.5, 0.6) is 0 Å². The molecule has 172 valence electrons. The molecular weight excluding hydrogens is 415 g/mol. The molecule has 0 fully saturated rings. The molecule has 8 heteroatoms. The standard InChI is InChI=1S/C21H22F3N5.C3H8/c1-5-18-17(20(28-27-18)15-11-26-29(4)12-15)9-13(2)16-8-6-7-14(10-25-3)19(16)21(22,23)24;1-3-2/h5-9,11-12,25H,1,10H2,2-4H3,(H,27,28);3H2,1-2H3/b13-9+;. The van der Waals surface area contributed by atoms with Gasteiger partial charge in [-0.15, -0.1) is 0 Å². The summed E-state index contributed by atoms with van der Waals surface area (Å²) in [4.78, 5) is 0. The van der Waals surface area contributed by atoms with Gasteiger partial charge in [0.15, 0.2) is 0 Å². The predicted molar refractivity (Wildman–Crippen MR) is 125 cm³/mol. The molecule has 0 aliphatic carbocycles. The van der Waals surface area contributed by atoms with Crippen LogP contribution in [0.4, 0.5) is 13.2 Å². The van der Waals surface area contributed by atoms with E-state index in [4.69, 9.17) is 0 Å². The second-order valence-corrected chi connectivity index (χ2v) is 7.41. The average Bonchev–Trinajstić information content (AvgIpc) is 3.33. The summed E-state index contributed by atoms with van der Waals surface area (Å²) in [5.74, 6) is 0. The Morgan fingerprint density at radius 1 is 1.28 bits per heavy atom. The molecule has 0 atom stereocenters. The minimum Gasteiger partial charge on any atom is -0.316 e. The zero-order valence-electron chi connectivity index (χ0n) is 19.1. The summed E-state index contributed by atoms with van der Waals surface area (Å²) in [6.07, 6.45) is 3.53. The lowest BCUT2D eigenvalue weighted by atomic mass is 9.93. The maximum atomic E-state index is 13.9. The Kier molecular flexibility index (Phi) is 8.60. The molecule has 0 saturated heterocycles. The molecular formula is C24H30F3N5. The highest BCUT2D eigenvalue weighted by Crippen LogP contribution is 2.38. The van der Waals surface area contributed by atoms with Gasteiger partial charge in [0.25, 0.3) is 0 Å². The Bertz CT molecular complexity index is 1070. The topological polar surface area (TPSA) is 58.5 Å². The first-order valence-corrected chi connectivity index (χ1v) is 10.4. The molecule has 0 spiro atoms. The number of rotatable bonds is 6. The number of H-pyrrole nitrogens is 1. The number of nitrogens with one attached hydrogen (secondary N) is 2. The van der Waals surface area contributed by atoms with E-state index in [1.165, 1.54) is 18.6 Å². The third-order valence-corrected chi connectivity index (χ3v) is 4.60. The first-order chi connectivity index (χ1) is 15.2. The number of aryl methyl sites for hydroxylation is 1. The molecule has 3 aromatic rings. The summed E-state index contributed by atoms with van der Waals surface area (Å²) in [7, 11) is 3.41. The first-order valence-electron chi connectivity index (χ1n) is 10.4. The van der Waals surface area contributed by atoms with Crippen LogP contribution in [0.3, 0.4) is 0 Å². The number of hydrogen-bond donors (Lipinski definition) is 2. The Balaban J connectivity index is 0.00000114. The van der Waals surface area contributed by atoms with Gasteiger partial charge in [-0.3, -0.25) is 9.78 Å². The summed E-state index contributed by atoms with van der Waals surface area (Å²) in [6.45, 7) is 9.81. The Morgan fingerprint density at radius 3 is 2.50 bits per heavy atom. The SMILES string of the molecule is C=Cc1[nH]nc(-c2cnn(C)c2)c1/C=C(\C)c1cccc(CNC)c1C(F)(F)F.CCC. The van der Waals surface area contributed by atoms with E-state index in [-0.39, 0.29) is 17.7 Å². The molecule has 0 saturated carbocycles. The number of hydrogen-bond acceptors (Lipinski definition) is 3. The first kappa shape index (κ1) is 25.1. The zero-order chi connectivity index (χ0) is 23.9. The fraction of sp³-hybridized carbons (Fsp3) is 0.333. The molecule has 0 radical (unpaired) electrons. The van der Waals surface area contributed by atoms with E-state index in [0.29, 0.717) is 22.5 Å². The molecule has 0 amide bonds. The molecule has 2 aromatic heterocycles. The third-order valence-electron chi connectivity index (χ3n) is 4.60. The molecule has 2 heterocycles. The molecule has 1 aromatic carbocycles. The lowest BCUT2D eigenvalue weighted by Crippen LogP contribution is -2.16. The van der Waals surface area contributed by atoms with Crippen LogP contribution in [0, 0.1) is 0 Å². The predicted octanol–water partition coefficient (Wildman–Crippen LogP) is 6.17. The highest BCUT2D eigenvalue weighted by molar-refractivity contribution is 5.88. The Hall–Kier alpha value is -3.13. The normalized spacial score (nSPS) is 11.8. The van der Waals surface area contributed by atoms with Crippen molar-refractivity contribution in [3.63, 3.8) is 0 Å². The van der Waals surface area contributed by atoms with Crippen molar-refractivity contribution in [1.82, 2.24) is 25.3 Å². The van der Waals surface area contributed by atoms with Gasteiger partial charge < -0.3 is 5.32 Å². The molecule has 2 N–H and O–H groups in total. The third kappa shape index (κ3) is 5.76. The average molecular weight is 446 g/mol. The number of alkyl halides is 3. The van der Waals surface area contributed by atoms with Gasteiger partial charge in [0.05, 0.1) is 17.5 Å². The molecule has 0 aliphatic heterocycles. The summed E-state index contributed by atoms with van der Waals surface area (Å²) < 4.78 is 43.2. The van der Waals surface area contributed by atoms with Gasteiger partial charge in [0.2, 0.25) is 0 Å². The Labute approximate surface area is 187 Å². The van der Waals surface area contributed by atoms with E-state index < -0.39 is 11.7 Å². The largest absolute Gasteiger partial charge is 0.417 e. The van der Waals surface area contributed by atoms with Crippen molar-refractivity contribution in [1.29, 1.82) is 0 Å². The molecule has 3 rings (SSSR count). The summed E-state index contributed by atoms with van der Waals surface area (Å²) >= 11 is 0. The van der Waals surface area contributed by atoms with Crippen molar-refractivity contribution < 1.29 is 13.2 Å². The highest BCUT2D eigenvalue weighted by Gasteiger charge is 2.36. The van der Waals surface area contributed by atoms with E-state index in [2.05, 4.69) is 41.0 Å². The maximum absolute atomic E-state index is 13.9.